The van der Waals surface area contributed by atoms with Crippen molar-refractivity contribution in [1.29, 1.82) is 0 Å². The van der Waals surface area contributed by atoms with E-state index >= 15 is 0 Å². The summed E-state index contributed by atoms with van der Waals surface area (Å²) in [4.78, 5) is 0. The zero-order valence-corrected chi connectivity index (χ0v) is 12.7. The fraction of sp³-hybridized carbons (Fsp3) is 0.438. The standard InChI is InChI=1S/C16H23N3O/c1-5-13-11-15(19(3)18-13)16(17-6-2)12-8-7-9-14(10-12)20-4/h7-11,16-17H,5-6H2,1-4H3. The van der Waals surface area contributed by atoms with Crippen molar-refractivity contribution in [3.63, 3.8) is 0 Å². The molecule has 0 fully saturated rings. The van der Waals surface area contributed by atoms with E-state index in [1.54, 1.807) is 7.11 Å². The van der Waals surface area contributed by atoms with E-state index in [0.29, 0.717) is 0 Å². The summed E-state index contributed by atoms with van der Waals surface area (Å²) in [5, 5.41) is 8.07. The van der Waals surface area contributed by atoms with Crippen LogP contribution in [0.3, 0.4) is 0 Å². The third-order valence-corrected chi connectivity index (χ3v) is 3.46. The van der Waals surface area contributed by atoms with Gasteiger partial charge in [-0.3, -0.25) is 4.68 Å². The molecule has 1 unspecified atom stereocenters. The highest BCUT2D eigenvalue weighted by molar-refractivity contribution is 5.35. The van der Waals surface area contributed by atoms with Gasteiger partial charge in [0.05, 0.1) is 24.5 Å². The van der Waals surface area contributed by atoms with Gasteiger partial charge in [-0.15, -0.1) is 0 Å². The summed E-state index contributed by atoms with van der Waals surface area (Å²) < 4.78 is 7.29. The van der Waals surface area contributed by atoms with Gasteiger partial charge in [0.1, 0.15) is 5.75 Å². The van der Waals surface area contributed by atoms with E-state index in [9.17, 15) is 0 Å². The van der Waals surface area contributed by atoms with Crippen molar-refractivity contribution in [3.05, 3.63) is 47.3 Å². The normalized spacial score (nSPS) is 12.4. The lowest BCUT2D eigenvalue weighted by atomic mass is 10.0. The number of ether oxygens (including phenoxy) is 1. The summed E-state index contributed by atoms with van der Waals surface area (Å²) in [7, 11) is 3.69. The van der Waals surface area contributed by atoms with Gasteiger partial charge in [-0.1, -0.05) is 26.0 Å². The number of methoxy groups -OCH3 is 1. The molecule has 1 aromatic heterocycles. The maximum absolute atomic E-state index is 5.33. The Hall–Kier alpha value is -1.81. The van der Waals surface area contributed by atoms with Crippen LogP contribution in [0.4, 0.5) is 0 Å². The highest BCUT2D eigenvalue weighted by Crippen LogP contribution is 2.25. The molecule has 0 aliphatic rings. The average Bonchev–Trinajstić information content (AvgIpc) is 2.86. The molecule has 0 saturated carbocycles. The number of aromatic nitrogens is 2. The van der Waals surface area contributed by atoms with Crippen LogP contribution in [0.25, 0.3) is 0 Å². The van der Waals surface area contributed by atoms with Crippen LogP contribution in [0.15, 0.2) is 30.3 Å². The summed E-state index contributed by atoms with van der Waals surface area (Å²) in [5.74, 6) is 0.878. The van der Waals surface area contributed by atoms with Crippen LogP contribution < -0.4 is 10.1 Å². The molecule has 4 nitrogen and oxygen atoms in total. The van der Waals surface area contributed by atoms with Crippen molar-refractivity contribution in [2.45, 2.75) is 26.3 Å². The Morgan fingerprint density at radius 1 is 1.30 bits per heavy atom. The van der Waals surface area contributed by atoms with Crippen LogP contribution in [-0.2, 0) is 13.5 Å². The van der Waals surface area contributed by atoms with Gasteiger partial charge in [-0.2, -0.15) is 5.10 Å². The van der Waals surface area contributed by atoms with Crippen LogP contribution in [0, 0.1) is 0 Å². The van der Waals surface area contributed by atoms with Crippen molar-refractivity contribution in [3.8, 4) is 5.75 Å². The Morgan fingerprint density at radius 3 is 2.70 bits per heavy atom. The highest BCUT2D eigenvalue weighted by Gasteiger charge is 2.18. The number of benzene rings is 1. The Kier molecular flexibility index (Phi) is 4.79. The molecule has 20 heavy (non-hydrogen) atoms. The molecule has 2 rings (SSSR count). The molecule has 108 valence electrons. The van der Waals surface area contributed by atoms with Crippen molar-refractivity contribution in [2.75, 3.05) is 13.7 Å². The first-order valence-corrected chi connectivity index (χ1v) is 7.09. The molecule has 1 aromatic carbocycles. The number of nitrogens with one attached hydrogen (secondary N) is 1. The second-order valence-electron chi connectivity index (χ2n) is 4.81. The molecular weight excluding hydrogens is 250 g/mol. The van der Waals surface area contributed by atoms with Crippen molar-refractivity contribution in [1.82, 2.24) is 15.1 Å². The Labute approximate surface area is 120 Å². The second kappa shape index (κ2) is 6.57. The number of hydrogen-bond acceptors (Lipinski definition) is 3. The minimum atomic E-state index is 0.132. The predicted octanol–water partition coefficient (Wildman–Crippen LogP) is 2.69. The molecule has 0 saturated heterocycles. The summed E-state index contributed by atoms with van der Waals surface area (Å²) in [6.07, 6.45) is 0.949. The van der Waals surface area contributed by atoms with Gasteiger partial charge < -0.3 is 10.1 Å². The lowest BCUT2D eigenvalue weighted by molar-refractivity contribution is 0.413. The zero-order valence-electron chi connectivity index (χ0n) is 12.7. The number of aryl methyl sites for hydroxylation is 2. The maximum atomic E-state index is 5.33. The zero-order chi connectivity index (χ0) is 14.5. The lowest BCUT2D eigenvalue weighted by Gasteiger charge is -2.19. The monoisotopic (exact) mass is 273 g/mol. The Bertz CT molecular complexity index is 563. The van der Waals surface area contributed by atoms with E-state index in [1.807, 2.05) is 23.9 Å². The molecule has 2 aromatic rings. The van der Waals surface area contributed by atoms with E-state index in [0.717, 1.165) is 24.4 Å². The van der Waals surface area contributed by atoms with Crippen LogP contribution in [0.2, 0.25) is 0 Å². The highest BCUT2D eigenvalue weighted by atomic mass is 16.5. The first kappa shape index (κ1) is 14.6. The molecular formula is C16H23N3O. The van der Waals surface area contributed by atoms with Crippen LogP contribution in [0.1, 0.15) is 36.8 Å². The largest absolute Gasteiger partial charge is 0.497 e. The third kappa shape index (κ3) is 3.02. The summed E-state index contributed by atoms with van der Waals surface area (Å²) >= 11 is 0. The van der Waals surface area contributed by atoms with Crippen molar-refractivity contribution in [2.24, 2.45) is 7.05 Å². The van der Waals surface area contributed by atoms with Gasteiger partial charge >= 0.3 is 0 Å². The van der Waals surface area contributed by atoms with Crippen LogP contribution in [-0.4, -0.2) is 23.4 Å². The Balaban J connectivity index is 2.41. The van der Waals surface area contributed by atoms with Crippen molar-refractivity contribution >= 4 is 0 Å². The SMILES string of the molecule is CCNC(c1cccc(OC)c1)c1cc(CC)nn1C. The third-order valence-electron chi connectivity index (χ3n) is 3.46. The lowest BCUT2D eigenvalue weighted by Crippen LogP contribution is -2.24. The molecule has 1 heterocycles. The molecule has 0 bridgehead atoms. The summed E-state index contributed by atoms with van der Waals surface area (Å²) in [6.45, 7) is 5.14. The summed E-state index contributed by atoms with van der Waals surface area (Å²) in [6, 6.07) is 10.5. The molecule has 0 aliphatic carbocycles. The fourth-order valence-electron chi connectivity index (χ4n) is 2.40. The van der Waals surface area contributed by atoms with Gasteiger partial charge in [-0.25, -0.2) is 0 Å². The van der Waals surface area contributed by atoms with Gasteiger partial charge in [0.25, 0.3) is 0 Å². The minimum absolute atomic E-state index is 0.132. The second-order valence-corrected chi connectivity index (χ2v) is 4.81. The van der Waals surface area contributed by atoms with E-state index < -0.39 is 0 Å². The smallest absolute Gasteiger partial charge is 0.119 e. The molecule has 0 spiro atoms. The first-order chi connectivity index (χ1) is 9.69. The van der Waals surface area contributed by atoms with E-state index in [-0.39, 0.29) is 6.04 Å². The summed E-state index contributed by atoms with van der Waals surface area (Å²) in [5.41, 5.74) is 3.49. The molecule has 0 amide bonds. The first-order valence-electron chi connectivity index (χ1n) is 7.09. The molecule has 1 N–H and O–H groups in total. The van der Waals surface area contributed by atoms with E-state index in [1.165, 1.54) is 11.3 Å². The Morgan fingerprint density at radius 2 is 2.10 bits per heavy atom. The number of hydrogen-bond donors (Lipinski definition) is 1. The van der Waals surface area contributed by atoms with Gasteiger partial charge in [0.15, 0.2) is 0 Å². The van der Waals surface area contributed by atoms with Crippen molar-refractivity contribution < 1.29 is 4.74 Å². The van der Waals surface area contributed by atoms with Gasteiger partial charge in [0, 0.05) is 7.05 Å². The average molecular weight is 273 g/mol. The topological polar surface area (TPSA) is 39.1 Å². The predicted molar refractivity (Wildman–Crippen MR) is 81.1 cm³/mol. The van der Waals surface area contributed by atoms with Crippen LogP contribution >= 0.6 is 0 Å². The minimum Gasteiger partial charge on any atom is -0.497 e. The molecule has 0 radical (unpaired) electrons. The molecule has 0 aliphatic heterocycles. The molecule has 1 atom stereocenters. The maximum Gasteiger partial charge on any atom is 0.119 e. The quantitative estimate of drug-likeness (QED) is 0.879. The fourth-order valence-corrected chi connectivity index (χ4v) is 2.40. The molecule has 4 heteroatoms. The van der Waals surface area contributed by atoms with E-state index in [4.69, 9.17) is 4.74 Å². The van der Waals surface area contributed by atoms with E-state index in [2.05, 4.69) is 42.5 Å². The number of rotatable bonds is 6. The van der Waals surface area contributed by atoms with Gasteiger partial charge in [0.2, 0.25) is 0 Å². The van der Waals surface area contributed by atoms with Crippen LogP contribution in [0.5, 0.6) is 5.75 Å². The van der Waals surface area contributed by atoms with Gasteiger partial charge in [-0.05, 0) is 36.7 Å². The number of nitrogens with zero attached hydrogens (tertiary/aromatic N) is 2.